The highest BCUT2D eigenvalue weighted by atomic mass is 16.6. The van der Waals surface area contributed by atoms with Crippen LogP contribution in [0, 0.1) is 10.1 Å². The van der Waals surface area contributed by atoms with E-state index < -0.39 is 4.92 Å². The van der Waals surface area contributed by atoms with Crippen LogP contribution in [0.4, 0.5) is 17.3 Å². The zero-order valence-electron chi connectivity index (χ0n) is 12.0. The zero-order chi connectivity index (χ0) is 15.1. The normalized spacial score (nSPS) is 12.0. The molecule has 0 aromatic carbocycles. The van der Waals surface area contributed by atoms with Crippen LogP contribution >= 0.6 is 0 Å². The second-order valence-electron chi connectivity index (χ2n) is 4.41. The van der Waals surface area contributed by atoms with Crippen LogP contribution in [-0.2, 0) is 4.74 Å². The van der Waals surface area contributed by atoms with Gasteiger partial charge in [-0.15, -0.1) is 0 Å². The molecule has 1 rings (SSSR count). The molecule has 1 aromatic rings. The number of nitrogens with zero attached hydrogens (tertiary/aromatic N) is 3. The first-order valence-electron chi connectivity index (χ1n) is 6.42. The molecule has 1 aromatic heterocycles. The first-order chi connectivity index (χ1) is 9.53. The van der Waals surface area contributed by atoms with Crippen LogP contribution in [0.3, 0.4) is 0 Å². The van der Waals surface area contributed by atoms with Crippen molar-refractivity contribution in [1.29, 1.82) is 0 Å². The summed E-state index contributed by atoms with van der Waals surface area (Å²) >= 11 is 0. The number of methoxy groups -OCH3 is 1. The summed E-state index contributed by atoms with van der Waals surface area (Å²) in [6, 6.07) is 2.93. The van der Waals surface area contributed by atoms with E-state index in [2.05, 4.69) is 10.4 Å². The van der Waals surface area contributed by atoms with Crippen molar-refractivity contribution >= 4 is 17.3 Å². The molecule has 0 saturated heterocycles. The van der Waals surface area contributed by atoms with E-state index in [9.17, 15) is 10.1 Å². The minimum atomic E-state index is -0.461. The Bertz CT molecular complexity index is 455. The average Bonchev–Trinajstić information content (AvgIpc) is 2.46. The Morgan fingerprint density at radius 3 is 2.80 bits per heavy atom. The van der Waals surface area contributed by atoms with Crippen molar-refractivity contribution in [3.63, 3.8) is 0 Å². The van der Waals surface area contributed by atoms with Gasteiger partial charge in [0, 0.05) is 19.7 Å². The first-order valence-corrected chi connectivity index (χ1v) is 6.42. The number of rotatable bonds is 8. The van der Waals surface area contributed by atoms with Gasteiger partial charge in [0.25, 0.3) is 5.69 Å². The number of nitrogen functional groups attached to an aromatic ring is 1. The van der Waals surface area contributed by atoms with E-state index in [4.69, 9.17) is 10.6 Å². The van der Waals surface area contributed by atoms with E-state index in [-0.39, 0.29) is 17.5 Å². The van der Waals surface area contributed by atoms with Crippen LogP contribution in [0.5, 0.6) is 0 Å². The van der Waals surface area contributed by atoms with Gasteiger partial charge < -0.3 is 15.1 Å². The number of hydrogen-bond acceptors (Lipinski definition) is 7. The summed E-state index contributed by atoms with van der Waals surface area (Å²) in [4.78, 5) is 16.8. The van der Waals surface area contributed by atoms with Crippen LogP contribution in [0.2, 0.25) is 0 Å². The number of ether oxygens (including phenoxy) is 1. The van der Waals surface area contributed by atoms with Crippen LogP contribution in [0.1, 0.15) is 20.3 Å². The second kappa shape index (κ2) is 7.61. The number of aromatic nitrogens is 1. The third-order valence-electron chi connectivity index (χ3n) is 3.11. The monoisotopic (exact) mass is 283 g/mol. The van der Waals surface area contributed by atoms with Crippen molar-refractivity contribution in [2.24, 2.45) is 5.84 Å². The molecule has 0 radical (unpaired) electrons. The molecular weight excluding hydrogens is 262 g/mol. The van der Waals surface area contributed by atoms with E-state index >= 15 is 0 Å². The van der Waals surface area contributed by atoms with Crippen molar-refractivity contribution in [2.75, 3.05) is 30.6 Å². The van der Waals surface area contributed by atoms with Crippen molar-refractivity contribution < 1.29 is 9.66 Å². The van der Waals surface area contributed by atoms with E-state index in [0.717, 1.165) is 6.42 Å². The standard InChI is InChI=1S/C12H21N5O3/c1-4-9(2)16(5-6-20-3)12-8-10(17(18)19)7-11(14-12)15-13/h7-9H,4-6,13H2,1-3H3,(H,14,15). The summed E-state index contributed by atoms with van der Waals surface area (Å²) in [6.07, 6.45) is 0.888. The number of pyridine rings is 1. The molecule has 3 N–H and O–H groups in total. The van der Waals surface area contributed by atoms with Crippen molar-refractivity contribution in [3.05, 3.63) is 22.2 Å². The smallest absolute Gasteiger partial charge is 0.276 e. The summed E-state index contributed by atoms with van der Waals surface area (Å²) in [5.41, 5.74) is 2.31. The van der Waals surface area contributed by atoms with Gasteiger partial charge in [0.15, 0.2) is 0 Å². The Balaban J connectivity index is 3.16. The van der Waals surface area contributed by atoms with Gasteiger partial charge in [-0.25, -0.2) is 10.8 Å². The molecule has 1 heterocycles. The highest BCUT2D eigenvalue weighted by Gasteiger charge is 2.19. The molecule has 0 aliphatic heterocycles. The summed E-state index contributed by atoms with van der Waals surface area (Å²) in [6.45, 7) is 5.19. The number of nitro groups is 1. The minimum absolute atomic E-state index is 0.0475. The Hall–Kier alpha value is -1.93. The Morgan fingerprint density at radius 1 is 1.60 bits per heavy atom. The molecule has 0 aliphatic carbocycles. The fourth-order valence-electron chi connectivity index (χ4n) is 1.80. The van der Waals surface area contributed by atoms with Crippen LogP contribution in [-0.4, -0.2) is 36.2 Å². The molecule has 0 amide bonds. The van der Waals surface area contributed by atoms with Gasteiger partial charge in [-0.2, -0.15) is 0 Å². The van der Waals surface area contributed by atoms with Gasteiger partial charge >= 0.3 is 0 Å². The third-order valence-corrected chi connectivity index (χ3v) is 3.11. The molecule has 112 valence electrons. The lowest BCUT2D eigenvalue weighted by molar-refractivity contribution is -0.384. The number of nitrogens with one attached hydrogen (secondary N) is 1. The predicted molar refractivity (Wildman–Crippen MR) is 77.7 cm³/mol. The fraction of sp³-hybridized carbons (Fsp3) is 0.583. The van der Waals surface area contributed by atoms with Gasteiger partial charge in [-0.3, -0.25) is 10.1 Å². The van der Waals surface area contributed by atoms with Crippen molar-refractivity contribution in [2.45, 2.75) is 26.3 Å². The molecule has 1 atom stereocenters. The summed E-state index contributed by atoms with van der Waals surface area (Å²) in [7, 11) is 1.61. The van der Waals surface area contributed by atoms with Crippen LogP contribution < -0.4 is 16.2 Å². The lowest BCUT2D eigenvalue weighted by Gasteiger charge is -2.29. The Morgan fingerprint density at radius 2 is 2.30 bits per heavy atom. The maximum atomic E-state index is 11.0. The predicted octanol–water partition coefficient (Wildman–Crippen LogP) is 1.53. The molecular formula is C12H21N5O3. The molecule has 0 fully saturated rings. The molecule has 0 saturated carbocycles. The molecule has 0 aliphatic rings. The third kappa shape index (κ3) is 4.04. The van der Waals surface area contributed by atoms with E-state index in [0.29, 0.717) is 19.0 Å². The molecule has 1 unspecified atom stereocenters. The van der Waals surface area contributed by atoms with Gasteiger partial charge in [-0.1, -0.05) is 6.92 Å². The SMILES string of the molecule is CCC(C)N(CCOC)c1cc([N+](=O)[O-])cc(NN)n1. The summed E-state index contributed by atoms with van der Waals surface area (Å²) in [5.74, 6) is 6.09. The lowest BCUT2D eigenvalue weighted by atomic mass is 10.2. The number of anilines is 2. The van der Waals surface area contributed by atoms with Gasteiger partial charge in [0.2, 0.25) is 0 Å². The summed E-state index contributed by atoms with van der Waals surface area (Å²) < 4.78 is 5.08. The maximum Gasteiger partial charge on any atom is 0.276 e. The number of hydrazine groups is 1. The molecule has 0 bridgehead atoms. The topological polar surface area (TPSA) is 107 Å². The summed E-state index contributed by atoms with van der Waals surface area (Å²) in [5, 5.41) is 11.0. The molecule has 20 heavy (non-hydrogen) atoms. The van der Waals surface area contributed by atoms with Crippen LogP contribution in [0.25, 0.3) is 0 Å². The van der Waals surface area contributed by atoms with E-state index in [1.807, 2.05) is 18.7 Å². The lowest BCUT2D eigenvalue weighted by Crippen LogP contribution is -2.36. The quantitative estimate of drug-likeness (QED) is 0.423. The van der Waals surface area contributed by atoms with E-state index in [1.165, 1.54) is 12.1 Å². The molecule has 8 nitrogen and oxygen atoms in total. The number of nitrogens with two attached hydrogens (primary N) is 1. The van der Waals surface area contributed by atoms with Crippen molar-refractivity contribution in [3.8, 4) is 0 Å². The Labute approximate surface area is 118 Å². The maximum absolute atomic E-state index is 11.0. The minimum Gasteiger partial charge on any atom is -0.383 e. The number of hydrogen-bond donors (Lipinski definition) is 2. The molecule has 8 heteroatoms. The van der Waals surface area contributed by atoms with Gasteiger partial charge in [0.1, 0.15) is 11.6 Å². The van der Waals surface area contributed by atoms with Gasteiger partial charge in [0.05, 0.1) is 23.7 Å². The van der Waals surface area contributed by atoms with E-state index in [1.54, 1.807) is 7.11 Å². The highest BCUT2D eigenvalue weighted by Crippen LogP contribution is 2.24. The largest absolute Gasteiger partial charge is 0.383 e. The Kier molecular flexibility index (Phi) is 6.13. The molecule has 0 spiro atoms. The first kappa shape index (κ1) is 16.1. The average molecular weight is 283 g/mol. The highest BCUT2D eigenvalue weighted by molar-refractivity contribution is 5.55. The van der Waals surface area contributed by atoms with Crippen molar-refractivity contribution in [1.82, 2.24) is 4.98 Å². The van der Waals surface area contributed by atoms with Crippen LogP contribution in [0.15, 0.2) is 12.1 Å². The fourth-order valence-corrected chi connectivity index (χ4v) is 1.80. The zero-order valence-corrected chi connectivity index (χ0v) is 12.0. The second-order valence-corrected chi connectivity index (χ2v) is 4.41. The van der Waals surface area contributed by atoms with Gasteiger partial charge in [-0.05, 0) is 13.3 Å².